The zero-order valence-corrected chi connectivity index (χ0v) is 32.5. The van der Waals surface area contributed by atoms with Gasteiger partial charge in [-0.05, 0) is 103 Å². The Hall–Kier alpha value is -6.31. The van der Waals surface area contributed by atoms with E-state index in [0.717, 1.165) is 69.2 Å². The molecule has 4 aliphatic carbocycles. The molecule has 6 atom stereocenters. The molecule has 6 unspecified atom stereocenters. The van der Waals surface area contributed by atoms with E-state index in [1.807, 2.05) is 6.08 Å². The summed E-state index contributed by atoms with van der Waals surface area (Å²) in [5, 5.41) is 21.9. The summed E-state index contributed by atoms with van der Waals surface area (Å²) in [4.78, 5) is 71.1. The summed E-state index contributed by atoms with van der Waals surface area (Å²) in [7, 11) is -5.31. The first kappa shape index (κ1) is 46.1. The summed E-state index contributed by atoms with van der Waals surface area (Å²) >= 11 is 0. The Morgan fingerprint density at radius 3 is 1.53 bits per heavy atom. The third kappa shape index (κ3) is 12.3. The Balaban J connectivity index is 0.000000208. The van der Waals surface area contributed by atoms with Crippen LogP contribution in [0.4, 0.5) is 0 Å². The van der Waals surface area contributed by atoms with E-state index in [9.17, 15) is 45.6 Å². The number of ketones is 2. The highest BCUT2D eigenvalue weighted by Crippen LogP contribution is 2.45. The van der Waals surface area contributed by atoms with E-state index in [1.165, 1.54) is 19.2 Å². The molecule has 22 heteroatoms. The minimum atomic E-state index is -4.04. The van der Waals surface area contributed by atoms with Crippen molar-refractivity contribution in [1.82, 2.24) is 0 Å². The van der Waals surface area contributed by atoms with Crippen LogP contribution in [0.15, 0.2) is 87.1 Å². The second-order valence-corrected chi connectivity index (χ2v) is 16.3. The second-order valence-electron chi connectivity index (χ2n) is 13.1. The van der Waals surface area contributed by atoms with Crippen LogP contribution in [0.25, 0.3) is 16.0 Å². The number of aromatic carboxylic acids is 2. The average Bonchev–Trinajstić information content (AvgIpc) is 4.03. The normalized spacial score (nSPS) is 21.5. The van der Waals surface area contributed by atoms with Crippen LogP contribution in [-0.4, -0.2) is 87.2 Å². The van der Waals surface area contributed by atoms with Gasteiger partial charge in [0.15, 0.2) is 0 Å². The van der Waals surface area contributed by atoms with Gasteiger partial charge in [0.05, 0.1) is 35.1 Å². The number of azide groups is 1. The van der Waals surface area contributed by atoms with E-state index in [0.29, 0.717) is 17.8 Å². The zero-order valence-electron chi connectivity index (χ0n) is 30.9. The number of nitrogens with zero attached hydrogens (tertiary/aromatic N) is 5. The first-order valence-corrected chi connectivity index (χ1v) is 20.1. The van der Waals surface area contributed by atoms with E-state index in [1.54, 1.807) is 0 Å². The van der Waals surface area contributed by atoms with Crippen LogP contribution in [0.1, 0.15) is 52.8 Å². The Kier molecular flexibility index (Phi) is 16.1. The molecule has 0 heterocycles. The maximum absolute atomic E-state index is 11.9. The van der Waals surface area contributed by atoms with Gasteiger partial charge in [0.1, 0.15) is 12.2 Å². The molecular weight excluding hydrogens is 805 g/mol. The fourth-order valence-electron chi connectivity index (χ4n) is 6.69. The summed E-state index contributed by atoms with van der Waals surface area (Å²) in [6.45, 7) is 0. The van der Waals surface area contributed by atoms with Crippen LogP contribution >= 0.6 is 0 Å². The minimum absolute atomic E-state index is 0.0207. The van der Waals surface area contributed by atoms with Crippen molar-refractivity contribution < 1.29 is 70.1 Å². The van der Waals surface area contributed by atoms with Crippen molar-refractivity contribution in [3.8, 4) is 0 Å². The number of carboxylic acid groups (broad SMARTS) is 2. The van der Waals surface area contributed by atoms with Gasteiger partial charge in [-0.1, -0.05) is 24.3 Å². The van der Waals surface area contributed by atoms with Crippen molar-refractivity contribution in [2.24, 2.45) is 45.2 Å². The zero-order chi connectivity index (χ0) is 43.4. The fraction of sp³-hybridized carbons (Fsp3) is 0.361. The number of methoxy groups -OCH3 is 2. The highest BCUT2D eigenvalue weighted by Gasteiger charge is 2.46. The molecule has 2 aromatic rings. The summed E-state index contributed by atoms with van der Waals surface area (Å²) in [6.07, 6.45) is 12.1. The third-order valence-electron chi connectivity index (χ3n) is 9.54. The molecule has 0 spiro atoms. The minimum Gasteiger partial charge on any atom is -0.478 e. The number of carbonyl (C=O) groups is 6. The lowest BCUT2D eigenvalue weighted by Gasteiger charge is -2.15. The molecule has 2 fully saturated rings. The van der Waals surface area contributed by atoms with E-state index in [-0.39, 0.29) is 50.9 Å². The Bertz CT molecular complexity index is 2310. The Labute approximate surface area is 331 Å². The molecule has 20 nitrogen and oxygen atoms in total. The predicted molar refractivity (Wildman–Crippen MR) is 199 cm³/mol. The molecular formula is C36H38N6O14S2. The summed E-state index contributed by atoms with van der Waals surface area (Å²) in [5.74, 6) is -2.52. The summed E-state index contributed by atoms with van der Waals surface area (Å²) < 4.78 is 55.3. The number of allylic oxidation sites excluding steroid dienone is 4. The monoisotopic (exact) mass is 842 g/mol. The molecule has 4 bridgehead atoms. The Morgan fingerprint density at radius 1 is 0.724 bits per heavy atom. The van der Waals surface area contributed by atoms with Crippen LogP contribution in [0.3, 0.4) is 0 Å². The lowest BCUT2D eigenvalue weighted by atomic mass is 9.87. The first-order valence-electron chi connectivity index (χ1n) is 17.1. The quantitative estimate of drug-likeness (QED) is 0.0556. The van der Waals surface area contributed by atoms with Crippen molar-refractivity contribution in [1.29, 1.82) is 0 Å². The maximum atomic E-state index is 11.9. The molecule has 0 aromatic heterocycles. The van der Waals surface area contributed by atoms with Gasteiger partial charge in [0, 0.05) is 21.3 Å². The van der Waals surface area contributed by atoms with E-state index >= 15 is 0 Å². The number of rotatable bonds is 11. The molecule has 0 radical (unpaired) electrons. The van der Waals surface area contributed by atoms with Gasteiger partial charge in [-0.2, -0.15) is 4.79 Å². The van der Waals surface area contributed by atoms with Crippen molar-refractivity contribution in [2.75, 3.05) is 14.2 Å². The van der Waals surface area contributed by atoms with Gasteiger partial charge in [0.2, 0.25) is 10.0 Å². The van der Waals surface area contributed by atoms with Gasteiger partial charge in [0.25, 0.3) is 15.8 Å². The average molecular weight is 843 g/mol. The molecule has 0 amide bonds. The van der Waals surface area contributed by atoms with Gasteiger partial charge in [-0.25, -0.2) is 36.4 Å². The van der Waals surface area contributed by atoms with Crippen LogP contribution in [-0.2, 0) is 48.7 Å². The summed E-state index contributed by atoms with van der Waals surface area (Å²) in [5.41, 5.74) is 16.1. The van der Waals surface area contributed by atoms with Crippen LogP contribution < -0.4 is 5.14 Å². The first-order chi connectivity index (χ1) is 27.3. The third-order valence-corrected chi connectivity index (χ3v) is 11.6. The molecule has 2 saturated carbocycles. The number of carboxylic acids is 2. The number of ether oxygens (including phenoxy) is 2. The van der Waals surface area contributed by atoms with Crippen molar-refractivity contribution in [3.63, 3.8) is 0 Å². The summed E-state index contributed by atoms with van der Waals surface area (Å²) in [6, 6.07) is 9.02. The van der Waals surface area contributed by atoms with Crippen molar-refractivity contribution >= 4 is 61.2 Å². The largest absolute Gasteiger partial charge is 0.478 e. The number of hydrogen-bond acceptors (Lipinski definition) is 12. The molecule has 0 aliphatic heterocycles. The fourth-order valence-corrected chi connectivity index (χ4v) is 7.88. The standard InChI is InChI=1S/C11H12N2O3.C11H14O3.C7H5N3O4S.C7H7NO4S/c1-16-11(15)9(13-12)10(14)8-5-6-2-3-7(8)4-6;1-14-11(13)6-10(12)9-5-7-2-3-8(9)4-7;8-9-10-15(13,14)6-3-1-5(2-4-6)7(11)12;8-13(11,12)6-3-1-5(2-4-6)7(9)10/h2-3,6-8H,4-5H2,1H3;2-3,7-9H,4-6H2,1H3;1-4H,(H,11,12);1-4H,(H,9,10)(H2,8,11,12). The molecule has 0 saturated heterocycles. The predicted octanol–water partition coefficient (Wildman–Crippen LogP) is 3.36. The van der Waals surface area contributed by atoms with Crippen LogP contribution in [0.5, 0.6) is 0 Å². The number of fused-ring (bicyclic) bond motifs is 4. The highest BCUT2D eigenvalue weighted by molar-refractivity contribution is 7.90. The van der Waals surface area contributed by atoms with Crippen LogP contribution in [0.2, 0.25) is 0 Å². The molecule has 58 heavy (non-hydrogen) atoms. The molecule has 6 rings (SSSR count). The van der Waals surface area contributed by atoms with Gasteiger partial charge in [-0.15, -0.1) is 0 Å². The van der Waals surface area contributed by atoms with Crippen LogP contribution in [0, 0.1) is 35.5 Å². The molecule has 4 N–H and O–H groups in total. The van der Waals surface area contributed by atoms with Gasteiger partial charge in [-0.3, -0.25) is 14.4 Å². The van der Waals surface area contributed by atoms with E-state index in [4.69, 9.17) is 26.4 Å². The highest BCUT2D eigenvalue weighted by atomic mass is 32.2. The number of primary sulfonamides is 1. The number of carbonyl (C=O) groups excluding carboxylic acids is 4. The van der Waals surface area contributed by atoms with Crippen molar-refractivity contribution in [2.45, 2.75) is 41.9 Å². The van der Waals surface area contributed by atoms with E-state index in [2.05, 4.69) is 41.9 Å². The maximum Gasteiger partial charge on any atom is 0.441 e. The van der Waals surface area contributed by atoms with Crippen molar-refractivity contribution in [3.05, 3.63) is 99.9 Å². The Morgan fingerprint density at radius 2 is 1.19 bits per heavy atom. The number of nitrogens with two attached hydrogens (primary N) is 1. The topological polar surface area (TPSA) is 341 Å². The molecule has 4 aliphatic rings. The number of sulfonamides is 2. The lowest BCUT2D eigenvalue weighted by molar-refractivity contribution is -0.144. The van der Waals surface area contributed by atoms with Gasteiger partial charge < -0.3 is 25.2 Å². The molecule has 308 valence electrons. The number of benzene rings is 2. The van der Waals surface area contributed by atoms with Gasteiger partial charge >= 0.3 is 29.6 Å². The molecule has 2 aromatic carbocycles. The number of hydrogen-bond donors (Lipinski definition) is 3. The SMILES string of the molecule is COC(=O)C(=[N+]=[N-])C(=O)C1CC2C=CC1C2.COC(=O)CC(=O)C1CC2C=CC1C2.NS(=O)(=O)c1ccc(C(=O)O)cc1.[N-]=[N+]=NS(=O)(=O)c1ccc(C(=O)O)cc1. The number of Topliss-reactive ketones (excluding diaryl/α,β-unsaturated/α-hetero) is 2. The smallest absolute Gasteiger partial charge is 0.441 e. The van der Waals surface area contributed by atoms with E-state index < -0.39 is 55.4 Å². The number of esters is 2. The second kappa shape index (κ2) is 20.2. The lowest BCUT2D eigenvalue weighted by Crippen LogP contribution is -2.33.